The Morgan fingerprint density at radius 2 is 2.12 bits per heavy atom. The van der Waals surface area contributed by atoms with Crippen molar-refractivity contribution in [2.24, 2.45) is 5.92 Å². The van der Waals surface area contributed by atoms with Gasteiger partial charge in [-0.05, 0) is 32.4 Å². The zero-order valence-corrected chi connectivity index (χ0v) is 10.7. The highest BCUT2D eigenvalue weighted by Gasteiger charge is 2.20. The molecule has 1 rings (SSSR count). The first kappa shape index (κ1) is 15.7. The van der Waals surface area contributed by atoms with Crippen molar-refractivity contribution in [2.75, 3.05) is 19.6 Å². The summed E-state index contributed by atoms with van der Waals surface area (Å²) in [5, 5.41) is 15.5. The molecular weight excluding hydrogens is 228 g/mol. The van der Waals surface area contributed by atoms with Crippen LogP contribution in [0.25, 0.3) is 0 Å². The number of halogens is 1. The second-order valence-electron chi connectivity index (χ2n) is 4.21. The molecule has 0 saturated carbocycles. The number of carbonyl (C=O) groups is 1. The molecule has 0 spiro atoms. The van der Waals surface area contributed by atoms with Gasteiger partial charge in [0.05, 0.1) is 6.10 Å². The van der Waals surface area contributed by atoms with E-state index in [1.165, 1.54) is 0 Å². The van der Waals surface area contributed by atoms with Crippen molar-refractivity contribution in [3.8, 4) is 0 Å². The summed E-state index contributed by atoms with van der Waals surface area (Å²) in [6, 6.07) is 0. The lowest BCUT2D eigenvalue weighted by atomic mass is 9.97. The van der Waals surface area contributed by atoms with E-state index in [2.05, 4.69) is 10.6 Å². The maximum absolute atomic E-state index is 11.7. The van der Waals surface area contributed by atoms with E-state index in [9.17, 15) is 9.90 Å². The van der Waals surface area contributed by atoms with Crippen LogP contribution in [0.5, 0.6) is 0 Å². The van der Waals surface area contributed by atoms with Gasteiger partial charge in [-0.1, -0.05) is 13.3 Å². The van der Waals surface area contributed by atoms with Crippen LogP contribution in [-0.4, -0.2) is 36.8 Å². The van der Waals surface area contributed by atoms with Crippen LogP contribution in [0.2, 0.25) is 0 Å². The second-order valence-corrected chi connectivity index (χ2v) is 4.21. The van der Waals surface area contributed by atoms with Gasteiger partial charge in [0.25, 0.3) is 0 Å². The lowest BCUT2D eigenvalue weighted by Crippen LogP contribution is -2.40. The average Bonchev–Trinajstić information content (AvgIpc) is 2.27. The molecule has 1 atom stereocenters. The van der Waals surface area contributed by atoms with E-state index < -0.39 is 0 Å². The molecule has 16 heavy (non-hydrogen) atoms. The van der Waals surface area contributed by atoms with Crippen LogP contribution in [0.3, 0.4) is 0 Å². The Balaban J connectivity index is 0.00000225. The maximum Gasteiger partial charge on any atom is 0.223 e. The predicted octanol–water partition coefficient (Wildman–Crippen LogP) is 0.685. The molecule has 0 bridgehead atoms. The monoisotopic (exact) mass is 250 g/mol. The lowest BCUT2D eigenvalue weighted by molar-refractivity contribution is -0.126. The van der Waals surface area contributed by atoms with Crippen LogP contribution in [0.15, 0.2) is 0 Å². The smallest absolute Gasteiger partial charge is 0.223 e. The Kier molecular flexibility index (Phi) is 8.61. The van der Waals surface area contributed by atoms with Gasteiger partial charge in [0.2, 0.25) is 5.91 Å². The third-order valence-electron chi connectivity index (χ3n) is 2.84. The van der Waals surface area contributed by atoms with E-state index in [-0.39, 0.29) is 30.3 Å². The summed E-state index contributed by atoms with van der Waals surface area (Å²) < 4.78 is 0. The molecule has 1 heterocycles. The molecule has 0 aromatic heterocycles. The summed E-state index contributed by atoms with van der Waals surface area (Å²) in [5.74, 6) is 0.242. The Hall–Kier alpha value is -0.320. The van der Waals surface area contributed by atoms with Crippen molar-refractivity contribution in [1.29, 1.82) is 0 Å². The minimum absolute atomic E-state index is 0. The Bertz CT molecular complexity index is 196. The van der Waals surface area contributed by atoms with Crippen molar-refractivity contribution in [2.45, 2.75) is 38.7 Å². The first-order valence-electron chi connectivity index (χ1n) is 5.90. The molecular formula is C11H23ClN2O2. The van der Waals surface area contributed by atoms with Crippen molar-refractivity contribution in [3.05, 3.63) is 0 Å². The topological polar surface area (TPSA) is 61.4 Å². The molecule has 0 aromatic rings. The first-order chi connectivity index (χ1) is 7.24. The van der Waals surface area contributed by atoms with Crippen molar-refractivity contribution in [3.63, 3.8) is 0 Å². The minimum Gasteiger partial charge on any atom is -0.391 e. The van der Waals surface area contributed by atoms with Gasteiger partial charge in [-0.3, -0.25) is 4.79 Å². The Morgan fingerprint density at radius 3 is 2.69 bits per heavy atom. The first-order valence-corrected chi connectivity index (χ1v) is 5.90. The molecule has 96 valence electrons. The molecule has 1 aliphatic rings. The average molecular weight is 251 g/mol. The van der Waals surface area contributed by atoms with Crippen LogP contribution in [0, 0.1) is 5.92 Å². The number of amides is 1. The van der Waals surface area contributed by atoms with Gasteiger partial charge in [0, 0.05) is 12.5 Å². The largest absolute Gasteiger partial charge is 0.391 e. The van der Waals surface area contributed by atoms with E-state index in [4.69, 9.17) is 0 Å². The molecule has 1 saturated heterocycles. The van der Waals surface area contributed by atoms with Crippen LogP contribution in [0.1, 0.15) is 32.6 Å². The Morgan fingerprint density at radius 1 is 1.50 bits per heavy atom. The summed E-state index contributed by atoms with van der Waals surface area (Å²) in [6.07, 6.45) is 3.14. The minimum atomic E-state index is -0.388. The molecule has 3 N–H and O–H groups in total. The highest BCUT2D eigenvalue weighted by atomic mass is 35.5. The molecule has 1 unspecified atom stereocenters. The van der Waals surface area contributed by atoms with E-state index in [0.29, 0.717) is 6.54 Å². The second kappa shape index (κ2) is 8.79. The number of nitrogens with one attached hydrogen (secondary N) is 2. The summed E-state index contributed by atoms with van der Waals surface area (Å²) in [6.45, 7) is 4.28. The quantitative estimate of drug-likeness (QED) is 0.673. The zero-order chi connectivity index (χ0) is 11.1. The molecule has 4 nitrogen and oxygen atoms in total. The zero-order valence-electron chi connectivity index (χ0n) is 9.87. The number of aliphatic hydroxyl groups excluding tert-OH is 1. The third-order valence-corrected chi connectivity index (χ3v) is 2.84. The molecule has 1 aliphatic heterocycles. The van der Waals surface area contributed by atoms with Crippen molar-refractivity contribution in [1.82, 2.24) is 10.6 Å². The molecule has 1 fully saturated rings. The number of rotatable bonds is 5. The third kappa shape index (κ3) is 5.68. The van der Waals surface area contributed by atoms with Gasteiger partial charge in [-0.25, -0.2) is 0 Å². The number of aliphatic hydroxyl groups is 1. The van der Waals surface area contributed by atoms with Gasteiger partial charge >= 0.3 is 0 Å². The molecule has 0 aromatic carbocycles. The fourth-order valence-corrected chi connectivity index (χ4v) is 1.88. The van der Waals surface area contributed by atoms with Gasteiger partial charge in [0.1, 0.15) is 0 Å². The molecule has 0 radical (unpaired) electrons. The number of hydrogen-bond donors (Lipinski definition) is 3. The van der Waals surface area contributed by atoms with Crippen molar-refractivity contribution < 1.29 is 9.90 Å². The molecule has 1 amide bonds. The fourth-order valence-electron chi connectivity index (χ4n) is 1.88. The highest BCUT2D eigenvalue weighted by molar-refractivity contribution is 5.85. The SMILES string of the molecule is CCCC(O)CNC(=O)C1CCNCC1.Cl. The summed E-state index contributed by atoms with van der Waals surface area (Å²) in [5.41, 5.74) is 0. The molecule has 5 heteroatoms. The number of piperidine rings is 1. The van der Waals surface area contributed by atoms with Gasteiger partial charge < -0.3 is 15.7 Å². The summed E-state index contributed by atoms with van der Waals surface area (Å²) in [4.78, 5) is 11.7. The summed E-state index contributed by atoms with van der Waals surface area (Å²) in [7, 11) is 0. The Labute approximate surface area is 104 Å². The predicted molar refractivity (Wildman–Crippen MR) is 66.8 cm³/mol. The highest BCUT2D eigenvalue weighted by Crippen LogP contribution is 2.11. The number of hydrogen-bond acceptors (Lipinski definition) is 3. The van der Waals surface area contributed by atoms with E-state index in [0.717, 1.165) is 38.8 Å². The van der Waals surface area contributed by atoms with E-state index in [1.807, 2.05) is 6.92 Å². The summed E-state index contributed by atoms with van der Waals surface area (Å²) >= 11 is 0. The van der Waals surface area contributed by atoms with Crippen molar-refractivity contribution >= 4 is 18.3 Å². The van der Waals surface area contributed by atoms with Gasteiger partial charge in [0.15, 0.2) is 0 Å². The fraction of sp³-hybridized carbons (Fsp3) is 0.909. The molecule has 0 aliphatic carbocycles. The normalized spacial score (nSPS) is 18.6. The van der Waals surface area contributed by atoms with E-state index in [1.54, 1.807) is 0 Å². The standard InChI is InChI=1S/C11H22N2O2.ClH/c1-2-3-10(14)8-13-11(15)9-4-6-12-7-5-9;/h9-10,12,14H,2-8H2,1H3,(H,13,15);1H. The maximum atomic E-state index is 11.7. The lowest BCUT2D eigenvalue weighted by Gasteiger charge is -2.22. The van der Waals surface area contributed by atoms with Crippen LogP contribution >= 0.6 is 12.4 Å². The van der Waals surface area contributed by atoms with E-state index >= 15 is 0 Å². The number of carbonyl (C=O) groups excluding carboxylic acids is 1. The van der Waals surface area contributed by atoms with Crippen LogP contribution in [0.4, 0.5) is 0 Å². The van der Waals surface area contributed by atoms with Gasteiger partial charge in [-0.2, -0.15) is 0 Å². The van der Waals surface area contributed by atoms with Crippen LogP contribution in [-0.2, 0) is 4.79 Å². The van der Waals surface area contributed by atoms with Gasteiger partial charge in [-0.15, -0.1) is 12.4 Å². The van der Waals surface area contributed by atoms with Crippen LogP contribution < -0.4 is 10.6 Å².